The SMILES string of the molecule is CCOC(=O)CNc1nc(S(C)(=O)=O)nc(Oc2cc(C#N)ccc2C(=O)O)c1[N+](=O)[O-]. The highest BCUT2D eigenvalue weighted by atomic mass is 32.2. The summed E-state index contributed by atoms with van der Waals surface area (Å²) in [5.74, 6) is -4.39. The average Bonchev–Trinajstić information content (AvgIpc) is 2.70. The Hall–Kier alpha value is -4.32. The Kier molecular flexibility index (Phi) is 7.23. The van der Waals surface area contributed by atoms with Gasteiger partial charge in [0, 0.05) is 6.26 Å². The van der Waals surface area contributed by atoms with Crippen LogP contribution < -0.4 is 10.1 Å². The Bertz CT molecular complexity index is 1240. The summed E-state index contributed by atoms with van der Waals surface area (Å²) >= 11 is 0. The molecule has 2 rings (SSSR count). The zero-order valence-electron chi connectivity index (χ0n) is 16.6. The Morgan fingerprint density at radius 1 is 1.34 bits per heavy atom. The van der Waals surface area contributed by atoms with Crippen molar-refractivity contribution in [1.29, 1.82) is 5.26 Å². The van der Waals surface area contributed by atoms with Crippen molar-refractivity contribution in [2.75, 3.05) is 24.7 Å². The second-order valence-electron chi connectivity index (χ2n) is 5.93. The van der Waals surface area contributed by atoms with Crippen LogP contribution >= 0.6 is 0 Å². The van der Waals surface area contributed by atoms with Gasteiger partial charge in [-0.25, -0.2) is 13.2 Å². The number of anilines is 1. The lowest BCUT2D eigenvalue weighted by molar-refractivity contribution is -0.385. The number of esters is 1. The number of hydrogen-bond donors (Lipinski definition) is 2. The second kappa shape index (κ2) is 9.66. The molecule has 0 saturated heterocycles. The zero-order valence-corrected chi connectivity index (χ0v) is 17.4. The van der Waals surface area contributed by atoms with E-state index in [1.54, 1.807) is 6.07 Å². The number of sulfone groups is 1. The molecule has 0 radical (unpaired) electrons. The monoisotopic (exact) mass is 465 g/mol. The molecule has 0 unspecified atom stereocenters. The molecule has 0 aliphatic rings. The normalized spacial score (nSPS) is 10.7. The van der Waals surface area contributed by atoms with E-state index in [0.29, 0.717) is 0 Å². The molecule has 0 saturated carbocycles. The van der Waals surface area contributed by atoms with Crippen LogP contribution in [0, 0.1) is 21.4 Å². The maximum Gasteiger partial charge on any atom is 0.373 e. The highest BCUT2D eigenvalue weighted by Gasteiger charge is 2.31. The Morgan fingerprint density at radius 3 is 2.56 bits per heavy atom. The van der Waals surface area contributed by atoms with Crippen molar-refractivity contribution in [3.8, 4) is 17.7 Å². The summed E-state index contributed by atoms with van der Waals surface area (Å²) in [4.78, 5) is 40.9. The Morgan fingerprint density at radius 2 is 2.03 bits per heavy atom. The minimum atomic E-state index is -4.12. The quantitative estimate of drug-likeness (QED) is 0.230. The molecule has 0 bridgehead atoms. The molecular weight excluding hydrogens is 450 g/mol. The molecule has 0 atom stereocenters. The van der Waals surface area contributed by atoms with Crippen molar-refractivity contribution < 1.29 is 37.5 Å². The van der Waals surface area contributed by atoms with E-state index in [2.05, 4.69) is 15.3 Å². The topological polar surface area (TPSA) is 212 Å². The molecule has 1 aromatic carbocycles. The maximum atomic E-state index is 12.0. The van der Waals surface area contributed by atoms with Crippen molar-refractivity contribution in [2.24, 2.45) is 0 Å². The summed E-state index contributed by atoms with van der Waals surface area (Å²) in [5, 5.41) is 31.5. The van der Waals surface area contributed by atoms with Gasteiger partial charge in [-0.1, -0.05) is 0 Å². The molecule has 1 heterocycles. The fraction of sp³-hybridized carbons (Fsp3) is 0.235. The van der Waals surface area contributed by atoms with Gasteiger partial charge in [-0.15, -0.1) is 0 Å². The van der Waals surface area contributed by atoms with Gasteiger partial charge in [-0.05, 0) is 25.1 Å². The van der Waals surface area contributed by atoms with E-state index in [4.69, 9.17) is 14.7 Å². The number of nitrogens with one attached hydrogen (secondary N) is 1. The zero-order chi connectivity index (χ0) is 24.1. The predicted octanol–water partition coefficient (Wildman–Crippen LogP) is 1.13. The number of benzene rings is 1. The summed E-state index contributed by atoms with van der Waals surface area (Å²) in [7, 11) is -4.12. The number of nitrogens with zero attached hydrogens (tertiary/aromatic N) is 4. The summed E-state index contributed by atoms with van der Waals surface area (Å²) in [6.45, 7) is 0.968. The molecule has 2 N–H and O–H groups in total. The highest BCUT2D eigenvalue weighted by Crippen LogP contribution is 2.37. The highest BCUT2D eigenvalue weighted by molar-refractivity contribution is 7.90. The number of aromatic carboxylic acids is 1. The molecule has 0 fully saturated rings. The summed E-state index contributed by atoms with van der Waals surface area (Å²) in [6, 6.07) is 4.94. The van der Waals surface area contributed by atoms with E-state index in [1.165, 1.54) is 13.0 Å². The first-order chi connectivity index (χ1) is 15.0. The van der Waals surface area contributed by atoms with Crippen LogP contribution in [-0.4, -0.2) is 59.8 Å². The van der Waals surface area contributed by atoms with E-state index < -0.39 is 67.1 Å². The number of hydrogen-bond acceptors (Lipinski definition) is 12. The number of carbonyl (C=O) groups excluding carboxylic acids is 1. The number of carbonyl (C=O) groups is 2. The van der Waals surface area contributed by atoms with Crippen molar-refractivity contribution in [2.45, 2.75) is 12.1 Å². The number of carboxylic acids is 1. The molecule has 0 spiro atoms. The van der Waals surface area contributed by atoms with Gasteiger partial charge in [-0.3, -0.25) is 14.9 Å². The number of rotatable bonds is 9. The third-order valence-corrected chi connectivity index (χ3v) is 4.44. The molecule has 0 amide bonds. The molecule has 14 nitrogen and oxygen atoms in total. The van der Waals surface area contributed by atoms with E-state index in [1.807, 2.05) is 0 Å². The lowest BCUT2D eigenvalue weighted by Gasteiger charge is -2.12. The Balaban J connectivity index is 2.69. The van der Waals surface area contributed by atoms with Gasteiger partial charge in [0.05, 0.1) is 23.2 Å². The number of nitro groups is 1. The lowest BCUT2D eigenvalue weighted by atomic mass is 10.1. The van der Waals surface area contributed by atoms with Crippen LogP contribution in [0.15, 0.2) is 23.4 Å². The third kappa shape index (κ3) is 5.64. The number of ether oxygens (including phenoxy) is 2. The largest absolute Gasteiger partial charge is 0.478 e. The van der Waals surface area contributed by atoms with E-state index in [0.717, 1.165) is 18.4 Å². The van der Waals surface area contributed by atoms with Crippen LogP contribution in [-0.2, 0) is 19.4 Å². The van der Waals surface area contributed by atoms with Gasteiger partial charge in [0.25, 0.3) is 5.16 Å². The number of aromatic nitrogens is 2. The minimum absolute atomic E-state index is 0.0303. The van der Waals surface area contributed by atoms with E-state index in [9.17, 15) is 33.2 Å². The van der Waals surface area contributed by atoms with Crippen molar-refractivity contribution in [1.82, 2.24) is 9.97 Å². The molecular formula is C17H15N5O9S. The molecule has 32 heavy (non-hydrogen) atoms. The molecule has 168 valence electrons. The molecule has 1 aromatic heterocycles. The van der Waals surface area contributed by atoms with Crippen LogP contribution in [0.2, 0.25) is 0 Å². The first kappa shape index (κ1) is 24.0. The smallest absolute Gasteiger partial charge is 0.373 e. The number of carboxylic acid groups (broad SMARTS) is 1. The number of nitriles is 1. The van der Waals surface area contributed by atoms with Gasteiger partial charge in [-0.2, -0.15) is 15.2 Å². The molecule has 0 aliphatic carbocycles. The Labute approximate surface area is 180 Å². The van der Waals surface area contributed by atoms with Crippen molar-refractivity contribution >= 4 is 33.3 Å². The lowest BCUT2D eigenvalue weighted by Crippen LogP contribution is -2.19. The van der Waals surface area contributed by atoms with Crippen LogP contribution in [0.25, 0.3) is 0 Å². The summed E-state index contributed by atoms with van der Waals surface area (Å²) in [6.07, 6.45) is 0.728. The van der Waals surface area contributed by atoms with E-state index in [-0.39, 0.29) is 12.2 Å². The average molecular weight is 465 g/mol. The van der Waals surface area contributed by atoms with Crippen molar-refractivity contribution in [3.63, 3.8) is 0 Å². The maximum absolute atomic E-state index is 12.0. The summed E-state index contributed by atoms with van der Waals surface area (Å²) in [5.41, 5.74) is -1.48. The van der Waals surface area contributed by atoms with Gasteiger partial charge >= 0.3 is 23.5 Å². The van der Waals surface area contributed by atoms with Gasteiger partial charge < -0.3 is 19.9 Å². The fourth-order valence-corrected chi connectivity index (χ4v) is 2.77. The van der Waals surface area contributed by atoms with Crippen molar-refractivity contribution in [3.05, 3.63) is 39.4 Å². The third-order valence-electron chi connectivity index (χ3n) is 3.60. The second-order valence-corrected chi connectivity index (χ2v) is 7.84. The molecule has 2 aromatic rings. The van der Waals surface area contributed by atoms with Crippen LogP contribution in [0.4, 0.5) is 11.5 Å². The molecule has 15 heteroatoms. The summed E-state index contributed by atoms with van der Waals surface area (Å²) < 4.78 is 33.9. The first-order valence-electron chi connectivity index (χ1n) is 8.59. The van der Waals surface area contributed by atoms with E-state index >= 15 is 0 Å². The first-order valence-corrected chi connectivity index (χ1v) is 10.5. The van der Waals surface area contributed by atoms with Gasteiger partial charge in [0.15, 0.2) is 0 Å². The standard InChI is InChI=1S/C17H15N5O9S/c1-3-30-12(23)8-19-14-13(22(26)27)15(21-17(20-14)32(2,28)29)31-11-6-9(7-18)4-5-10(11)16(24)25/h4-6H,3,8H2,1-2H3,(H,24,25)(H,19,20,21). The van der Waals surface area contributed by atoms with Crippen LogP contribution in [0.1, 0.15) is 22.8 Å². The van der Waals surface area contributed by atoms with Crippen LogP contribution in [0.5, 0.6) is 11.6 Å². The molecule has 0 aliphatic heterocycles. The minimum Gasteiger partial charge on any atom is -0.478 e. The predicted molar refractivity (Wildman–Crippen MR) is 105 cm³/mol. The fourth-order valence-electron chi connectivity index (χ4n) is 2.26. The van der Waals surface area contributed by atoms with Gasteiger partial charge in [0.1, 0.15) is 17.9 Å². The van der Waals surface area contributed by atoms with Gasteiger partial charge in [0.2, 0.25) is 15.7 Å². The van der Waals surface area contributed by atoms with Crippen LogP contribution in [0.3, 0.4) is 0 Å².